The normalized spacial score (nSPS) is 13.9. The van der Waals surface area contributed by atoms with Crippen LogP contribution in [0.15, 0.2) is 23.4 Å². The zero-order valence-electron chi connectivity index (χ0n) is 13.3. The van der Waals surface area contributed by atoms with Gasteiger partial charge in [-0.3, -0.25) is 4.79 Å². The topological polar surface area (TPSA) is 103 Å². The lowest BCUT2D eigenvalue weighted by Crippen LogP contribution is -2.31. The van der Waals surface area contributed by atoms with Crippen LogP contribution >= 0.6 is 23.2 Å². The van der Waals surface area contributed by atoms with E-state index >= 15 is 0 Å². The summed E-state index contributed by atoms with van der Waals surface area (Å²) in [6.07, 6.45) is 0.138. The zero-order valence-corrected chi connectivity index (χ0v) is 14.8. The van der Waals surface area contributed by atoms with Gasteiger partial charge >= 0.3 is 5.97 Å². The molecule has 132 valence electrons. The number of amides is 1. The number of rotatable bonds is 6. The summed E-state index contributed by atoms with van der Waals surface area (Å²) >= 11 is 12.4. The molecule has 7 nitrogen and oxygen atoms in total. The predicted molar refractivity (Wildman–Crippen MR) is 92.1 cm³/mol. The molecular formula is C16H15Cl2N3O4. The first-order chi connectivity index (χ1) is 11.9. The maximum absolute atomic E-state index is 12.5. The highest BCUT2D eigenvalue weighted by atomic mass is 35.5. The molecule has 0 atom stereocenters. The van der Waals surface area contributed by atoms with Crippen molar-refractivity contribution in [2.45, 2.75) is 6.42 Å². The summed E-state index contributed by atoms with van der Waals surface area (Å²) in [5.41, 5.74) is 0.997. The second-order valence-corrected chi connectivity index (χ2v) is 6.00. The third-order valence-corrected chi connectivity index (χ3v) is 4.18. The van der Waals surface area contributed by atoms with Crippen molar-refractivity contribution in [2.75, 3.05) is 32.1 Å². The molecule has 2 N–H and O–H groups in total. The second-order valence-electron chi connectivity index (χ2n) is 5.19. The molecule has 0 radical (unpaired) electrons. The van der Waals surface area contributed by atoms with Gasteiger partial charge in [0.2, 0.25) is 0 Å². The van der Waals surface area contributed by atoms with Gasteiger partial charge in [0.15, 0.2) is 0 Å². The lowest BCUT2D eigenvalue weighted by atomic mass is 10.1. The molecule has 1 aliphatic heterocycles. The van der Waals surface area contributed by atoms with E-state index in [1.165, 1.54) is 12.0 Å². The van der Waals surface area contributed by atoms with Crippen LogP contribution in [0.25, 0.3) is 0 Å². The SMILES string of the molecule is COC(=O)C1=C(Nc2c(Cl)cc(CC#N)cc2Cl)C(=O)N(CCO)C1. The Morgan fingerprint density at radius 2 is 2.08 bits per heavy atom. The molecule has 1 heterocycles. The number of anilines is 1. The maximum atomic E-state index is 12.5. The fourth-order valence-corrected chi connectivity index (χ4v) is 3.04. The Kier molecular flexibility index (Phi) is 6.26. The molecule has 1 aromatic carbocycles. The molecule has 2 rings (SSSR count). The number of nitrogens with one attached hydrogen (secondary N) is 1. The van der Waals surface area contributed by atoms with Crippen molar-refractivity contribution in [3.63, 3.8) is 0 Å². The number of nitrogens with zero attached hydrogens (tertiary/aromatic N) is 2. The quantitative estimate of drug-likeness (QED) is 0.725. The van der Waals surface area contributed by atoms with Gasteiger partial charge in [0, 0.05) is 6.54 Å². The van der Waals surface area contributed by atoms with E-state index in [4.69, 9.17) is 38.3 Å². The summed E-state index contributed by atoms with van der Waals surface area (Å²) in [5.74, 6) is -1.13. The van der Waals surface area contributed by atoms with Crippen LogP contribution in [0.5, 0.6) is 0 Å². The number of aliphatic hydroxyl groups is 1. The summed E-state index contributed by atoms with van der Waals surface area (Å²) in [7, 11) is 1.21. The van der Waals surface area contributed by atoms with Crippen molar-refractivity contribution in [3.8, 4) is 6.07 Å². The van der Waals surface area contributed by atoms with Crippen LogP contribution in [-0.2, 0) is 20.7 Å². The summed E-state index contributed by atoms with van der Waals surface area (Å²) < 4.78 is 4.71. The average molecular weight is 384 g/mol. The highest BCUT2D eigenvalue weighted by Crippen LogP contribution is 2.34. The van der Waals surface area contributed by atoms with Crippen molar-refractivity contribution in [3.05, 3.63) is 39.0 Å². The molecular weight excluding hydrogens is 369 g/mol. The molecule has 0 unspecified atom stereocenters. The fourth-order valence-electron chi connectivity index (χ4n) is 2.41. The van der Waals surface area contributed by atoms with Crippen LogP contribution in [0, 0.1) is 11.3 Å². The Balaban J connectivity index is 2.40. The molecule has 9 heteroatoms. The highest BCUT2D eigenvalue weighted by molar-refractivity contribution is 6.39. The third kappa shape index (κ3) is 4.04. The van der Waals surface area contributed by atoms with E-state index in [1.54, 1.807) is 12.1 Å². The molecule has 0 bridgehead atoms. The molecule has 0 saturated carbocycles. The second kappa shape index (κ2) is 8.21. The number of carbonyl (C=O) groups excluding carboxylic acids is 2. The predicted octanol–water partition coefficient (Wildman–Crippen LogP) is 1.73. The lowest BCUT2D eigenvalue weighted by Gasteiger charge is -2.16. The molecule has 25 heavy (non-hydrogen) atoms. The van der Waals surface area contributed by atoms with Crippen LogP contribution < -0.4 is 5.32 Å². The summed E-state index contributed by atoms with van der Waals surface area (Å²) in [5, 5.41) is 21.0. The van der Waals surface area contributed by atoms with Gasteiger partial charge in [-0.25, -0.2) is 4.79 Å². The van der Waals surface area contributed by atoms with Gasteiger partial charge < -0.3 is 20.1 Å². The third-order valence-electron chi connectivity index (χ3n) is 3.59. The number of benzene rings is 1. The van der Waals surface area contributed by atoms with Crippen molar-refractivity contribution < 1.29 is 19.4 Å². The average Bonchev–Trinajstić information content (AvgIpc) is 2.87. The van der Waals surface area contributed by atoms with E-state index in [2.05, 4.69) is 5.32 Å². The van der Waals surface area contributed by atoms with Crippen molar-refractivity contribution in [1.29, 1.82) is 5.26 Å². The van der Waals surface area contributed by atoms with Crippen molar-refractivity contribution in [1.82, 2.24) is 4.90 Å². The van der Waals surface area contributed by atoms with Crippen LogP contribution in [0.2, 0.25) is 10.0 Å². The molecule has 0 spiro atoms. The van der Waals surface area contributed by atoms with Crippen molar-refractivity contribution >= 4 is 40.8 Å². The minimum atomic E-state index is -0.662. The molecule has 0 saturated heterocycles. The molecule has 1 aromatic rings. The van der Waals surface area contributed by atoms with Gasteiger partial charge in [-0.05, 0) is 17.7 Å². The Labute approximate surface area is 154 Å². The monoisotopic (exact) mass is 383 g/mol. The molecule has 0 aromatic heterocycles. The van der Waals surface area contributed by atoms with E-state index in [0.717, 1.165) is 0 Å². The number of carbonyl (C=O) groups is 2. The minimum absolute atomic E-state index is 0.00265. The van der Waals surface area contributed by atoms with Gasteiger partial charge in [-0.2, -0.15) is 5.26 Å². The van der Waals surface area contributed by atoms with Gasteiger partial charge in [-0.15, -0.1) is 0 Å². The highest BCUT2D eigenvalue weighted by Gasteiger charge is 2.35. The summed E-state index contributed by atoms with van der Waals surface area (Å²) in [6.45, 7) is -0.152. The lowest BCUT2D eigenvalue weighted by molar-refractivity contribution is -0.136. The standard InChI is InChI=1S/C16H15Cl2N3O4/c1-25-16(24)10-8-21(4-5-22)15(23)13(10)20-14-11(17)6-9(2-3-19)7-12(14)18/h6-7,20,22H,2,4-5,8H2,1H3. The Morgan fingerprint density at radius 3 is 2.60 bits per heavy atom. The van der Waals surface area contributed by atoms with Crippen LogP contribution in [0.4, 0.5) is 5.69 Å². The number of esters is 1. The smallest absolute Gasteiger partial charge is 0.337 e. The first-order valence-electron chi connectivity index (χ1n) is 7.26. The number of hydrogen-bond donors (Lipinski definition) is 2. The van der Waals surface area contributed by atoms with Gasteiger partial charge in [-0.1, -0.05) is 23.2 Å². The number of ether oxygens (including phenoxy) is 1. The van der Waals surface area contributed by atoms with E-state index in [9.17, 15) is 9.59 Å². The van der Waals surface area contributed by atoms with Crippen LogP contribution in [0.1, 0.15) is 5.56 Å². The van der Waals surface area contributed by atoms with E-state index in [0.29, 0.717) is 5.56 Å². The number of β-amino-alcohol motifs (C(OH)–C–C–N with tert-alkyl or cyclic N) is 1. The molecule has 0 aliphatic carbocycles. The first-order valence-corrected chi connectivity index (χ1v) is 8.02. The minimum Gasteiger partial charge on any atom is -0.466 e. The van der Waals surface area contributed by atoms with E-state index < -0.39 is 11.9 Å². The summed E-state index contributed by atoms with van der Waals surface area (Å²) in [4.78, 5) is 25.7. The Morgan fingerprint density at radius 1 is 1.44 bits per heavy atom. The first kappa shape index (κ1) is 19.1. The number of aliphatic hydroxyl groups excluding tert-OH is 1. The van der Waals surface area contributed by atoms with Gasteiger partial charge in [0.1, 0.15) is 5.70 Å². The van der Waals surface area contributed by atoms with E-state index in [-0.39, 0.29) is 53.1 Å². The maximum Gasteiger partial charge on any atom is 0.337 e. The number of halogens is 2. The number of methoxy groups -OCH3 is 1. The number of nitriles is 1. The van der Waals surface area contributed by atoms with Crippen LogP contribution in [-0.4, -0.2) is 48.7 Å². The van der Waals surface area contributed by atoms with Crippen LogP contribution in [0.3, 0.4) is 0 Å². The van der Waals surface area contributed by atoms with Gasteiger partial charge in [0.05, 0.1) is 54.1 Å². The number of hydrogen-bond acceptors (Lipinski definition) is 6. The van der Waals surface area contributed by atoms with E-state index in [1.807, 2.05) is 6.07 Å². The summed E-state index contributed by atoms with van der Waals surface area (Å²) in [6, 6.07) is 5.11. The largest absolute Gasteiger partial charge is 0.466 e. The fraction of sp³-hybridized carbons (Fsp3) is 0.312. The molecule has 1 aliphatic rings. The molecule has 1 amide bonds. The zero-order chi connectivity index (χ0) is 18.6. The molecule has 0 fully saturated rings. The Hall–Kier alpha value is -2.27. The van der Waals surface area contributed by atoms with Crippen molar-refractivity contribution in [2.24, 2.45) is 0 Å². The Bertz CT molecular complexity index is 763. The van der Waals surface area contributed by atoms with Gasteiger partial charge in [0.25, 0.3) is 5.91 Å².